The molecule has 2 N–H and O–H groups in total. The van der Waals surface area contributed by atoms with Gasteiger partial charge in [-0.15, -0.1) is 0 Å². The normalized spacial score (nSPS) is 11.3. The Morgan fingerprint density at radius 2 is 1.89 bits per heavy atom. The van der Waals surface area contributed by atoms with E-state index in [1.807, 2.05) is 0 Å². The van der Waals surface area contributed by atoms with Gasteiger partial charge in [0.1, 0.15) is 0 Å². The number of nitrogens with zero attached hydrogens (tertiary/aromatic N) is 1. The Kier molecular flexibility index (Phi) is 4.04. The van der Waals surface area contributed by atoms with Gasteiger partial charge in [-0.3, -0.25) is 9.71 Å². The second-order valence-corrected chi connectivity index (χ2v) is 5.84. The van der Waals surface area contributed by atoms with Crippen LogP contribution in [0, 0.1) is 0 Å². The summed E-state index contributed by atoms with van der Waals surface area (Å²) in [6.45, 7) is -0.322. The topological polar surface area (TPSA) is 79.3 Å². The number of anilines is 1. The summed E-state index contributed by atoms with van der Waals surface area (Å²) in [7, 11) is -3.71. The van der Waals surface area contributed by atoms with Crippen molar-refractivity contribution in [1.29, 1.82) is 0 Å². The van der Waals surface area contributed by atoms with E-state index in [1.165, 1.54) is 30.6 Å². The summed E-state index contributed by atoms with van der Waals surface area (Å²) < 4.78 is 26.7. The molecule has 7 heteroatoms. The highest BCUT2D eigenvalue weighted by Crippen LogP contribution is 2.22. The molecule has 0 radical (unpaired) electrons. The predicted molar refractivity (Wildman–Crippen MR) is 72.4 cm³/mol. The summed E-state index contributed by atoms with van der Waals surface area (Å²) >= 11 is 5.82. The average Bonchev–Trinajstić information content (AvgIpc) is 2.39. The minimum Gasteiger partial charge on any atom is -0.392 e. The van der Waals surface area contributed by atoms with E-state index in [9.17, 15) is 8.42 Å². The second-order valence-electron chi connectivity index (χ2n) is 3.75. The lowest BCUT2D eigenvalue weighted by atomic mass is 10.2. The number of hydrogen-bond donors (Lipinski definition) is 2. The highest BCUT2D eigenvalue weighted by molar-refractivity contribution is 7.92. The highest BCUT2D eigenvalue weighted by Gasteiger charge is 2.15. The van der Waals surface area contributed by atoms with Crippen molar-refractivity contribution in [3.05, 3.63) is 53.3 Å². The third-order valence-corrected chi connectivity index (χ3v) is 4.18. The van der Waals surface area contributed by atoms with Crippen LogP contribution in [0.1, 0.15) is 5.56 Å². The molecule has 0 fully saturated rings. The predicted octanol–water partition coefficient (Wildman–Crippen LogP) is 2.03. The van der Waals surface area contributed by atoms with Gasteiger partial charge in [-0.25, -0.2) is 8.42 Å². The zero-order valence-electron chi connectivity index (χ0n) is 9.75. The van der Waals surface area contributed by atoms with Gasteiger partial charge in [0.25, 0.3) is 10.0 Å². The molecule has 1 aromatic heterocycles. The quantitative estimate of drug-likeness (QED) is 0.905. The molecular weight excluding hydrogens is 288 g/mol. The van der Waals surface area contributed by atoms with Crippen LogP contribution in [0.3, 0.4) is 0 Å². The van der Waals surface area contributed by atoms with E-state index in [1.54, 1.807) is 12.1 Å². The number of halogens is 1. The Morgan fingerprint density at radius 3 is 2.53 bits per heavy atom. The van der Waals surface area contributed by atoms with Crippen molar-refractivity contribution < 1.29 is 13.5 Å². The molecular formula is C12H11ClN2O3S. The SMILES string of the molecule is O=S(=O)(Nc1ccncc1)c1ccc(Cl)c(CO)c1. The molecule has 0 amide bonds. The summed E-state index contributed by atoms with van der Waals surface area (Å²) in [5, 5.41) is 9.41. The van der Waals surface area contributed by atoms with Gasteiger partial charge in [0.15, 0.2) is 0 Å². The number of pyridine rings is 1. The molecule has 0 atom stereocenters. The first-order valence-corrected chi connectivity index (χ1v) is 7.21. The van der Waals surface area contributed by atoms with Gasteiger partial charge in [-0.05, 0) is 35.9 Å². The van der Waals surface area contributed by atoms with Crippen LogP contribution in [0.2, 0.25) is 5.02 Å². The number of benzene rings is 1. The summed E-state index contributed by atoms with van der Waals surface area (Å²) in [5.74, 6) is 0. The van der Waals surface area contributed by atoms with Crippen LogP contribution in [-0.4, -0.2) is 18.5 Å². The molecule has 0 aliphatic heterocycles. The molecule has 19 heavy (non-hydrogen) atoms. The highest BCUT2D eigenvalue weighted by atomic mass is 35.5. The third kappa shape index (κ3) is 3.23. The van der Waals surface area contributed by atoms with Crippen LogP contribution < -0.4 is 4.72 Å². The first-order chi connectivity index (χ1) is 9.03. The fourth-order valence-electron chi connectivity index (χ4n) is 1.47. The molecule has 0 aliphatic carbocycles. The Hall–Kier alpha value is -1.63. The van der Waals surface area contributed by atoms with Crippen LogP contribution in [0.5, 0.6) is 0 Å². The lowest BCUT2D eigenvalue weighted by Gasteiger charge is -2.09. The van der Waals surface area contributed by atoms with Crippen LogP contribution >= 0.6 is 11.6 Å². The first-order valence-electron chi connectivity index (χ1n) is 5.35. The van der Waals surface area contributed by atoms with E-state index in [-0.39, 0.29) is 11.5 Å². The number of nitrogens with one attached hydrogen (secondary N) is 1. The summed E-state index contributed by atoms with van der Waals surface area (Å²) in [6.07, 6.45) is 2.97. The summed E-state index contributed by atoms with van der Waals surface area (Å²) in [5.41, 5.74) is 0.773. The fraction of sp³-hybridized carbons (Fsp3) is 0.0833. The molecule has 1 heterocycles. The average molecular weight is 299 g/mol. The Labute approximate surface area is 115 Å². The standard InChI is InChI=1S/C12H11ClN2O3S/c13-12-2-1-11(7-9(12)8-16)19(17,18)15-10-3-5-14-6-4-10/h1-7,16H,8H2,(H,14,15). The molecule has 5 nitrogen and oxygen atoms in total. The number of sulfonamides is 1. The van der Waals surface area contributed by atoms with Gasteiger partial charge >= 0.3 is 0 Å². The number of aromatic nitrogens is 1. The fourth-order valence-corrected chi connectivity index (χ4v) is 2.76. The summed E-state index contributed by atoms with van der Waals surface area (Å²) in [6, 6.07) is 7.24. The molecule has 0 aliphatic rings. The van der Waals surface area contributed by atoms with Crippen LogP contribution in [0.15, 0.2) is 47.6 Å². The van der Waals surface area contributed by atoms with E-state index in [0.717, 1.165) is 0 Å². The maximum absolute atomic E-state index is 12.1. The molecule has 1 aromatic carbocycles. The van der Waals surface area contributed by atoms with Crippen molar-refractivity contribution in [3.63, 3.8) is 0 Å². The molecule has 2 aromatic rings. The maximum atomic E-state index is 12.1. The smallest absolute Gasteiger partial charge is 0.261 e. The largest absolute Gasteiger partial charge is 0.392 e. The van der Waals surface area contributed by atoms with E-state index >= 15 is 0 Å². The molecule has 0 spiro atoms. The molecule has 0 unspecified atom stereocenters. The number of hydrogen-bond acceptors (Lipinski definition) is 4. The number of aliphatic hydroxyl groups excluding tert-OH is 1. The lowest BCUT2D eigenvalue weighted by Crippen LogP contribution is -2.13. The molecule has 0 saturated heterocycles. The number of rotatable bonds is 4. The van der Waals surface area contributed by atoms with Crippen molar-refractivity contribution >= 4 is 27.3 Å². The van der Waals surface area contributed by atoms with Crippen molar-refractivity contribution in [3.8, 4) is 0 Å². The van der Waals surface area contributed by atoms with Crippen LogP contribution in [-0.2, 0) is 16.6 Å². The number of aliphatic hydroxyl groups is 1. The maximum Gasteiger partial charge on any atom is 0.261 e. The van der Waals surface area contributed by atoms with E-state index in [4.69, 9.17) is 16.7 Å². The monoisotopic (exact) mass is 298 g/mol. The first kappa shape index (κ1) is 13.8. The van der Waals surface area contributed by atoms with E-state index in [2.05, 4.69) is 9.71 Å². The van der Waals surface area contributed by atoms with Gasteiger partial charge in [0.2, 0.25) is 0 Å². The Morgan fingerprint density at radius 1 is 1.21 bits per heavy atom. The van der Waals surface area contributed by atoms with Gasteiger partial charge in [-0.2, -0.15) is 0 Å². The molecule has 2 rings (SSSR count). The van der Waals surface area contributed by atoms with Crippen LogP contribution in [0.25, 0.3) is 0 Å². The van der Waals surface area contributed by atoms with Gasteiger partial charge in [0.05, 0.1) is 17.2 Å². The lowest BCUT2D eigenvalue weighted by molar-refractivity contribution is 0.281. The minimum atomic E-state index is -3.71. The summed E-state index contributed by atoms with van der Waals surface area (Å²) in [4.78, 5) is 3.84. The second kappa shape index (κ2) is 5.56. The zero-order valence-corrected chi connectivity index (χ0v) is 11.3. The van der Waals surface area contributed by atoms with Crippen molar-refractivity contribution in [2.75, 3.05) is 4.72 Å². The van der Waals surface area contributed by atoms with Crippen LogP contribution in [0.4, 0.5) is 5.69 Å². The third-order valence-electron chi connectivity index (χ3n) is 2.43. The molecule has 0 saturated carbocycles. The van der Waals surface area contributed by atoms with Crippen molar-refractivity contribution in [2.45, 2.75) is 11.5 Å². The molecule has 100 valence electrons. The van der Waals surface area contributed by atoms with Crippen molar-refractivity contribution in [1.82, 2.24) is 4.98 Å². The van der Waals surface area contributed by atoms with E-state index in [0.29, 0.717) is 16.3 Å². The van der Waals surface area contributed by atoms with Gasteiger partial charge < -0.3 is 5.11 Å². The minimum absolute atomic E-state index is 0.0396. The molecule has 0 bridgehead atoms. The Balaban J connectivity index is 2.35. The van der Waals surface area contributed by atoms with Gasteiger partial charge in [-0.1, -0.05) is 11.6 Å². The van der Waals surface area contributed by atoms with E-state index < -0.39 is 10.0 Å². The zero-order chi connectivity index (χ0) is 13.9. The van der Waals surface area contributed by atoms with Crippen molar-refractivity contribution in [2.24, 2.45) is 0 Å². The Bertz CT molecular complexity index is 675. The van der Waals surface area contributed by atoms with Gasteiger partial charge in [0, 0.05) is 17.4 Å².